The highest BCUT2D eigenvalue weighted by atomic mass is 16.3. The Kier molecular flexibility index (Phi) is 4.93. The maximum atomic E-state index is 12.0. The summed E-state index contributed by atoms with van der Waals surface area (Å²) in [5, 5.41) is 15.7. The first-order valence-corrected chi connectivity index (χ1v) is 6.96. The lowest BCUT2D eigenvalue weighted by molar-refractivity contribution is -0.123. The molecule has 0 saturated carbocycles. The quantitative estimate of drug-likeness (QED) is 0.741. The van der Waals surface area contributed by atoms with Crippen LogP contribution in [0, 0.1) is 0 Å². The van der Waals surface area contributed by atoms with Crippen LogP contribution in [0.5, 0.6) is 0 Å². The molecular weight excluding hydrogens is 240 g/mol. The normalized spacial score (nSPS) is 19.6. The second-order valence-corrected chi connectivity index (χ2v) is 5.09. The zero-order chi connectivity index (χ0) is 13.7. The van der Waals surface area contributed by atoms with E-state index < -0.39 is 6.10 Å². The number of benzene rings is 1. The van der Waals surface area contributed by atoms with Crippen LogP contribution in [0.3, 0.4) is 0 Å². The van der Waals surface area contributed by atoms with Crippen LogP contribution in [-0.4, -0.2) is 29.7 Å². The summed E-state index contributed by atoms with van der Waals surface area (Å²) in [4.78, 5) is 12.0. The van der Waals surface area contributed by atoms with Gasteiger partial charge in [0.1, 0.15) is 0 Å². The Hall–Kier alpha value is -1.39. The number of nitrogens with one attached hydrogen (secondary N) is 2. The summed E-state index contributed by atoms with van der Waals surface area (Å²) in [6.45, 7) is 3.09. The molecular formula is C15H22N2O2. The van der Waals surface area contributed by atoms with Crippen molar-refractivity contribution in [1.82, 2.24) is 10.6 Å². The van der Waals surface area contributed by atoms with Crippen molar-refractivity contribution < 1.29 is 9.90 Å². The number of hydrogen-bond donors (Lipinski definition) is 3. The molecule has 104 valence electrons. The fraction of sp³-hybridized carbons (Fsp3) is 0.533. The van der Waals surface area contributed by atoms with E-state index in [2.05, 4.69) is 22.8 Å². The van der Waals surface area contributed by atoms with Crippen molar-refractivity contribution in [1.29, 1.82) is 0 Å². The molecule has 19 heavy (non-hydrogen) atoms. The van der Waals surface area contributed by atoms with E-state index in [1.54, 1.807) is 0 Å². The molecule has 1 aliphatic heterocycles. The van der Waals surface area contributed by atoms with Crippen molar-refractivity contribution in [3.63, 3.8) is 0 Å². The predicted molar refractivity (Wildman–Crippen MR) is 74.7 cm³/mol. The highest BCUT2D eigenvalue weighted by Crippen LogP contribution is 2.16. The zero-order valence-electron chi connectivity index (χ0n) is 11.4. The molecule has 2 rings (SSSR count). The molecule has 0 radical (unpaired) electrons. The Morgan fingerprint density at radius 2 is 2.21 bits per heavy atom. The molecule has 1 heterocycles. The number of carbonyl (C=O) groups excluding carboxylic acids is 1. The van der Waals surface area contributed by atoms with Crippen LogP contribution in [0.4, 0.5) is 0 Å². The van der Waals surface area contributed by atoms with Crippen molar-refractivity contribution in [3.8, 4) is 0 Å². The average molecular weight is 262 g/mol. The topological polar surface area (TPSA) is 61.4 Å². The molecule has 2 atom stereocenters. The summed E-state index contributed by atoms with van der Waals surface area (Å²) in [6.07, 6.45) is 1.92. The predicted octanol–water partition coefficient (Wildman–Crippen LogP) is 0.978. The van der Waals surface area contributed by atoms with E-state index in [1.807, 2.05) is 19.1 Å². The fourth-order valence-electron chi connectivity index (χ4n) is 2.42. The van der Waals surface area contributed by atoms with E-state index in [-0.39, 0.29) is 11.9 Å². The van der Waals surface area contributed by atoms with Gasteiger partial charge in [-0.1, -0.05) is 37.6 Å². The zero-order valence-corrected chi connectivity index (χ0v) is 11.4. The Labute approximate surface area is 114 Å². The minimum Gasteiger partial charge on any atom is -0.391 e. The number of aliphatic hydroxyl groups excluding tert-OH is 1. The van der Waals surface area contributed by atoms with E-state index in [9.17, 15) is 9.90 Å². The number of carbonyl (C=O) groups is 1. The lowest BCUT2D eigenvalue weighted by Crippen LogP contribution is -2.49. The van der Waals surface area contributed by atoms with E-state index in [0.717, 1.165) is 19.4 Å². The fourth-order valence-corrected chi connectivity index (χ4v) is 2.42. The summed E-state index contributed by atoms with van der Waals surface area (Å²) in [6, 6.07) is 7.99. The SMILES string of the molecule is CCCC(O)CNC(=O)[C@@H]1Cc2ccccc2CN1. The monoisotopic (exact) mass is 262 g/mol. The van der Waals surface area contributed by atoms with Crippen LogP contribution < -0.4 is 10.6 Å². The Bertz CT molecular complexity index is 434. The van der Waals surface area contributed by atoms with Crippen LogP contribution >= 0.6 is 0 Å². The number of fused-ring (bicyclic) bond motifs is 1. The minimum atomic E-state index is -0.440. The standard InChI is InChI=1S/C15H22N2O2/c1-2-5-13(18)10-17-15(19)14-8-11-6-3-4-7-12(11)9-16-14/h3-4,6-7,13-14,16,18H,2,5,8-10H2,1H3,(H,17,19)/t13?,14-/m0/s1. The molecule has 1 aliphatic rings. The van der Waals surface area contributed by atoms with Gasteiger partial charge in [-0.05, 0) is 24.0 Å². The lowest BCUT2D eigenvalue weighted by atomic mass is 9.95. The average Bonchev–Trinajstić information content (AvgIpc) is 2.44. The van der Waals surface area contributed by atoms with Gasteiger partial charge in [0.15, 0.2) is 0 Å². The van der Waals surface area contributed by atoms with Crippen molar-refractivity contribution in [3.05, 3.63) is 35.4 Å². The second-order valence-electron chi connectivity index (χ2n) is 5.09. The minimum absolute atomic E-state index is 0.0235. The largest absolute Gasteiger partial charge is 0.391 e. The van der Waals surface area contributed by atoms with Gasteiger partial charge in [-0.3, -0.25) is 4.79 Å². The molecule has 0 aromatic heterocycles. The molecule has 0 bridgehead atoms. The van der Waals surface area contributed by atoms with Crippen molar-refractivity contribution in [2.24, 2.45) is 0 Å². The maximum Gasteiger partial charge on any atom is 0.237 e. The van der Waals surface area contributed by atoms with Crippen molar-refractivity contribution >= 4 is 5.91 Å². The van der Waals surface area contributed by atoms with Crippen molar-refractivity contribution in [2.45, 2.75) is 44.9 Å². The van der Waals surface area contributed by atoms with E-state index >= 15 is 0 Å². The highest BCUT2D eigenvalue weighted by Gasteiger charge is 2.23. The Morgan fingerprint density at radius 1 is 1.47 bits per heavy atom. The van der Waals surface area contributed by atoms with Gasteiger partial charge >= 0.3 is 0 Å². The van der Waals surface area contributed by atoms with Crippen LogP contribution in [0.2, 0.25) is 0 Å². The van der Waals surface area contributed by atoms with Crippen LogP contribution in [-0.2, 0) is 17.8 Å². The van der Waals surface area contributed by atoms with Gasteiger partial charge < -0.3 is 15.7 Å². The summed E-state index contributed by atoms with van der Waals surface area (Å²) < 4.78 is 0. The van der Waals surface area contributed by atoms with Gasteiger partial charge in [-0.25, -0.2) is 0 Å². The van der Waals surface area contributed by atoms with Gasteiger partial charge in [0, 0.05) is 13.1 Å². The summed E-state index contributed by atoms with van der Waals surface area (Å²) in [7, 11) is 0. The molecule has 1 amide bonds. The van der Waals surface area contributed by atoms with Gasteiger partial charge in [0.05, 0.1) is 12.1 Å². The van der Waals surface area contributed by atoms with Gasteiger partial charge in [0.2, 0.25) is 5.91 Å². The third-order valence-electron chi connectivity index (χ3n) is 3.53. The molecule has 4 heteroatoms. The molecule has 1 aromatic carbocycles. The molecule has 1 aromatic rings. The van der Waals surface area contributed by atoms with E-state index in [1.165, 1.54) is 11.1 Å². The first kappa shape index (κ1) is 14.0. The van der Waals surface area contributed by atoms with Gasteiger partial charge in [-0.15, -0.1) is 0 Å². The third-order valence-corrected chi connectivity index (χ3v) is 3.53. The molecule has 4 nitrogen and oxygen atoms in total. The highest BCUT2D eigenvalue weighted by molar-refractivity contribution is 5.82. The lowest BCUT2D eigenvalue weighted by Gasteiger charge is -2.25. The first-order valence-electron chi connectivity index (χ1n) is 6.96. The van der Waals surface area contributed by atoms with E-state index in [0.29, 0.717) is 13.0 Å². The molecule has 1 unspecified atom stereocenters. The summed E-state index contributed by atoms with van der Waals surface area (Å²) in [5.74, 6) is -0.0235. The molecule has 0 fully saturated rings. The number of hydrogen-bond acceptors (Lipinski definition) is 3. The van der Waals surface area contributed by atoms with Crippen LogP contribution in [0.25, 0.3) is 0 Å². The van der Waals surface area contributed by atoms with Crippen LogP contribution in [0.1, 0.15) is 30.9 Å². The Morgan fingerprint density at radius 3 is 2.95 bits per heavy atom. The maximum absolute atomic E-state index is 12.0. The smallest absolute Gasteiger partial charge is 0.237 e. The molecule has 0 aliphatic carbocycles. The van der Waals surface area contributed by atoms with Crippen LogP contribution in [0.15, 0.2) is 24.3 Å². The van der Waals surface area contributed by atoms with E-state index in [4.69, 9.17) is 0 Å². The number of rotatable bonds is 5. The van der Waals surface area contributed by atoms with Gasteiger partial charge in [0.25, 0.3) is 0 Å². The Balaban J connectivity index is 1.85. The molecule has 0 spiro atoms. The first-order chi connectivity index (χ1) is 9.20. The number of amides is 1. The summed E-state index contributed by atoms with van der Waals surface area (Å²) in [5.41, 5.74) is 2.49. The summed E-state index contributed by atoms with van der Waals surface area (Å²) >= 11 is 0. The van der Waals surface area contributed by atoms with Crippen molar-refractivity contribution in [2.75, 3.05) is 6.54 Å². The second kappa shape index (κ2) is 6.68. The third kappa shape index (κ3) is 3.78. The number of aliphatic hydroxyl groups is 1. The molecule has 0 saturated heterocycles. The van der Waals surface area contributed by atoms with Gasteiger partial charge in [-0.2, -0.15) is 0 Å². The molecule has 3 N–H and O–H groups in total.